The van der Waals surface area contributed by atoms with Crippen LogP contribution in [0.3, 0.4) is 0 Å². The Morgan fingerprint density at radius 3 is 2.12 bits per heavy atom. The van der Waals surface area contributed by atoms with Crippen molar-refractivity contribution in [3.63, 3.8) is 0 Å². The van der Waals surface area contributed by atoms with Crippen LogP contribution in [-0.2, 0) is 6.54 Å². The molecule has 1 aliphatic rings. The maximum atomic E-state index is 11.1. The van der Waals surface area contributed by atoms with Crippen LogP contribution in [-0.4, -0.2) is 48.4 Å². The molecule has 0 aromatic heterocycles. The zero-order chi connectivity index (χ0) is 21.4. The van der Waals surface area contributed by atoms with Gasteiger partial charge in [0.15, 0.2) is 0 Å². The van der Waals surface area contributed by atoms with Crippen LogP contribution in [0, 0.1) is 0 Å². The van der Waals surface area contributed by atoms with Gasteiger partial charge in [0.05, 0.1) is 11.7 Å². The lowest BCUT2D eigenvalue weighted by atomic mass is 9.88. The Kier molecular flexibility index (Phi) is 12.5. The van der Waals surface area contributed by atoms with Crippen molar-refractivity contribution < 1.29 is 9.84 Å². The van der Waals surface area contributed by atoms with Gasteiger partial charge in [0.2, 0.25) is 0 Å². The average Bonchev–Trinajstić information content (AvgIpc) is 2.79. The number of nitrogens with zero attached hydrogens (tertiary/aromatic N) is 2. The summed E-state index contributed by atoms with van der Waals surface area (Å²) in [6, 6.07) is 18.9. The molecule has 6 heteroatoms. The van der Waals surface area contributed by atoms with E-state index in [9.17, 15) is 5.11 Å². The van der Waals surface area contributed by atoms with E-state index < -0.39 is 5.60 Å². The van der Waals surface area contributed by atoms with E-state index in [-0.39, 0.29) is 30.9 Å². The Labute approximate surface area is 206 Å². The standard InChI is InChI=1S/C26H38N2O2.2ClH/c1-4-24(5-2)30-25-13-11-23(12-14-25)27(3)18-15-26(29)16-19-28(20-17-26)21-22-9-7-6-8-10-22;;/h6-14,24,29H,4-5,15-21H2,1-3H3;2*1H. The average molecular weight is 484 g/mol. The summed E-state index contributed by atoms with van der Waals surface area (Å²) in [6.07, 6.45) is 4.83. The van der Waals surface area contributed by atoms with Gasteiger partial charge in [0.25, 0.3) is 0 Å². The highest BCUT2D eigenvalue weighted by Gasteiger charge is 2.32. The second-order valence-electron chi connectivity index (χ2n) is 8.71. The van der Waals surface area contributed by atoms with Gasteiger partial charge in [-0.3, -0.25) is 4.90 Å². The lowest BCUT2D eigenvalue weighted by Crippen LogP contribution is -2.45. The lowest BCUT2D eigenvalue weighted by Gasteiger charge is -2.39. The fraction of sp³-hybridized carbons (Fsp3) is 0.538. The largest absolute Gasteiger partial charge is 0.490 e. The van der Waals surface area contributed by atoms with Crippen LogP contribution in [0.1, 0.15) is 51.5 Å². The van der Waals surface area contributed by atoms with E-state index in [4.69, 9.17) is 4.74 Å². The monoisotopic (exact) mass is 482 g/mol. The van der Waals surface area contributed by atoms with Crippen molar-refractivity contribution in [3.05, 3.63) is 60.2 Å². The van der Waals surface area contributed by atoms with Gasteiger partial charge < -0.3 is 14.7 Å². The number of rotatable bonds is 10. The van der Waals surface area contributed by atoms with Gasteiger partial charge in [0.1, 0.15) is 5.75 Å². The Morgan fingerprint density at radius 2 is 1.56 bits per heavy atom. The van der Waals surface area contributed by atoms with Crippen LogP contribution in [0.2, 0.25) is 0 Å². The molecule has 32 heavy (non-hydrogen) atoms. The van der Waals surface area contributed by atoms with Gasteiger partial charge in [-0.1, -0.05) is 44.2 Å². The van der Waals surface area contributed by atoms with E-state index in [1.165, 1.54) is 5.56 Å². The lowest BCUT2D eigenvalue weighted by molar-refractivity contribution is -0.0275. The van der Waals surface area contributed by atoms with Gasteiger partial charge in [-0.2, -0.15) is 0 Å². The molecule has 0 atom stereocenters. The first-order valence-corrected chi connectivity index (χ1v) is 11.5. The quantitative estimate of drug-likeness (QED) is 0.453. The zero-order valence-corrected chi connectivity index (χ0v) is 21.3. The second-order valence-corrected chi connectivity index (χ2v) is 8.71. The van der Waals surface area contributed by atoms with Crippen molar-refractivity contribution in [1.82, 2.24) is 4.90 Å². The minimum atomic E-state index is -0.556. The molecular formula is C26H40Cl2N2O2. The third kappa shape index (κ3) is 8.47. The minimum Gasteiger partial charge on any atom is -0.490 e. The molecule has 3 rings (SSSR count). The molecule has 1 aliphatic heterocycles. The van der Waals surface area contributed by atoms with Crippen molar-refractivity contribution in [2.45, 2.75) is 64.2 Å². The van der Waals surface area contributed by atoms with E-state index >= 15 is 0 Å². The molecule has 2 aromatic rings. The van der Waals surface area contributed by atoms with Gasteiger partial charge in [-0.05, 0) is 61.9 Å². The third-order valence-corrected chi connectivity index (χ3v) is 6.44. The first-order valence-electron chi connectivity index (χ1n) is 11.5. The smallest absolute Gasteiger partial charge is 0.119 e. The van der Waals surface area contributed by atoms with Crippen LogP contribution in [0.4, 0.5) is 5.69 Å². The summed E-state index contributed by atoms with van der Waals surface area (Å²) in [5.74, 6) is 0.935. The first-order chi connectivity index (χ1) is 14.5. The maximum Gasteiger partial charge on any atom is 0.119 e. The molecule has 1 saturated heterocycles. The number of hydrogen-bond acceptors (Lipinski definition) is 4. The molecule has 2 aromatic carbocycles. The SMILES string of the molecule is CCC(CC)Oc1ccc(N(C)CCC2(O)CCN(Cc3ccccc3)CC2)cc1.Cl.Cl. The summed E-state index contributed by atoms with van der Waals surface area (Å²) in [7, 11) is 2.10. The Balaban J connectivity index is 0.00000256. The highest BCUT2D eigenvalue weighted by atomic mass is 35.5. The van der Waals surface area contributed by atoms with Crippen LogP contribution >= 0.6 is 24.8 Å². The molecule has 1 N–H and O–H groups in total. The van der Waals surface area contributed by atoms with Crippen LogP contribution in [0.15, 0.2) is 54.6 Å². The summed E-state index contributed by atoms with van der Waals surface area (Å²) in [4.78, 5) is 4.68. The summed E-state index contributed by atoms with van der Waals surface area (Å²) in [5.41, 5.74) is 1.95. The van der Waals surface area contributed by atoms with Crippen LogP contribution in [0.25, 0.3) is 0 Å². The molecule has 0 radical (unpaired) electrons. The van der Waals surface area contributed by atoms with Crippen LogP contribution in [0.5, 0.6) is 5.75 Å². The number of halogens is 2. The fourth-order valence-corrected chi connectivity index (χ4v) is 4.15. The van der Waals surface area contributed by atoms with E-state index in [2.05, 4.69) is 85.3 Å². The Hall–Kier alpha value is -1.46. The van der Waals surface area contributed by atoms with Crippen molar-refractivity contribution in [1.29, 1.82) is 0 Å². The molecule has 0 unspecified atom stereocenters. The van der Waals surface area contributed by atoms with E-state index in [1.807, 2.05) is 0 Å². The van der Waals surface area contributed by atoms with E-state index in [0.717, 1.165) is 69.7 Å². The second kappa shape index (κ2) is 13.9. The molecule has 4 nitrogen and oxygen atoms in total. The van der Waals surface area contributed by atoms with E-state index in [1.54, 1.807) is 0 Å². The van der Waals surface area contributed by atoms with Crippen molar-refractivity contribution in [2.75, 3.05) is 31.6 Å². The van der Waals surface area contributed by atoms with Gasteiger partial charge in [0, 0.05) is 38.9 Å². The number of benzene rings is 2. The molecule has 0 aliphatic carbocycles. The maximum absolute atomic E-state index is 11.1. The normalized spacial score (nSPS) is 15.5. The minimum absolute atomic E-state index is 0. The molecular weight excluding hydrogens is 443 g/mol. The Morgan fingerprint density at radius 1 is 0.969 bits per heavy atom. The number of piperidine rings is 1. The molecule has 1 heterocycles. The molecule has 1 fully saturated rings. The van der Waals surface area contributed by atoms with Crippen molar-refractivity contribution in [2.24, 2.45) is 0 Å². The fourth-order valence-electron chi connectivity index (χ4n) is 4.15. The summed E-state index contributed by atoms with van der Waals surface area (Å²) in [5, 5.41) is 11.1. The highest BCUT2D eigenvalue weighted by molar-refractivity contribution is 5.85. The first kappa shape index (κ1) is 28.6. The highest BCUT2D eigenvalue weighted by Crippen LogP contribution is 2.28. The predicted molar refractivity (Wildman–Crippen MR) is 140 cm³/mol. The number of aliphatic hydroxyl groups is 1. The third-order valence-electron chi connectivity index (χ3n) is 6.44. The topological polar surface area (TPSA) is 35.9 Å². The van der Waals surface area contributed by atoms with Crippen molar-refractivity contribution in [3.8, 4) is 5.75 Å². The number of likely N-dealkylation sites (tertiary alicyclic amines) is 1. The predicted octanol–water partition coefficient (Wildman–Crippen LogP) is 5.95. The Bertz CT molecular complexity index is 746. The molecule has 0 spiro atoms. The number of hydrogen-bond donors (Lipinski definition) is 1. The molecule has 0 amide bonds. The van der Waals surface area contributed by atoms with Gasteiger partial charge in [-0.25, -0.2) is 0 Å². The number of ether oxygens (including phenoxy) is 1. The summed E-state index contributed by atoms with van der Waals surface area (Å²) in [6.45, 7) is 8.05. The summed E-state index contributed by atoms with van der Waals surface area (Å²) >= 11 is 0. The van der Waals surface area contributed by atoms with Gasteiger partial charge >= 0.3 is 0 Å². The molecule has 0 saturated carbocycles. The number of anilines is 1. The van der Waals surface area contributed by atoms with E-state index in [0.29, 0.717) is 0 Å². The molecule has 0 bridgehead atoms. The van der Waals surface area contributed by atoms with Crippen LogP contribution < -0.4 is 9.64 Å². The summed E-state index contributed by atoms with van der Waals surface area (Å²) < 4.78 is 6.01. The zero-order valence-electron chi connectivity index (χ0n) is 19.7. The van der Waals surface area contributed by atoms with Crippen molar-refractivity contribution >= 4 is 30.5 Å². The van der Waals surface area contributed by atoms with Gasteiger partial charge in [-0.15, -0.1) is 24.8 Å². The molecule has 180 valence electrons.